The summed E-state index contributed by atoms with van der Waals surface area (Å²) in [6, 6.07) is 13.7. The lowest BCUT2D eigenvalue weighted by molar-refractivity contribution is -0.149. The van der Waals surface area contributed by atoms with Gasteiger partial charge >= 0.3 is 12.1 Å². The summed E-state index contributed by atoms with van der Waals surface area (Å²) in [4.78, 5) is 141. The number of carboxylic acids is 1. The summed E-state index contributed by atoms with van der Waals surface area (Å²) in [7, 11) is 6.21. The van der Waals surface area contributed by atoms with Crippen molar-refractivity contribution in [3.63, 3.8) is 0 Å². The van der Waals surface area contributed by atoms with E-state index in [-0.39, 0.29) is 117 Å². The van der Waals surface area contributed by atoms with E-state index in [4.69, 9.17) is 14.2 Å². The summed E-state index contributed by atoms with van der Waals surface area (Å²) >= 11 is 1.54. The topological polar surface area (TPSA) is 256 Å². The summed E-state index contributed by atoms with van der Waals surface area (Å²) in [6.45, 7) is 17.7. The monoisotopic (exact) mass is 1250 g/mol. The molecule has 88 heavy (non-hydrogen) atoms. The molecule has 2 aromatic carbocycles. The van der Waals surface area contributed by atoms with Crippen LogP contribution in [0.2, 0.25) is 0 Å². The van der Waals surface area contributed by atoms with E-state index in [1.165, 1.54) is 31.1 Å². The molecule has 20 nitrogen and oxygen atoms in total. The highest BCUT2D eigenvalue weighted by molar-refractivity contribution is 7.98. The van der Waals surface area contributed by atoms with E-state index in [0.717, 1.165) is 5.56 Å². The largest absolute Gasteiger partial charge is 0.481 e. The van der Waals surface area contributed by atoms with Crippen LogP contribution in [0.5, 0.6) is 0 Å². The van der Waals surface area contributed by atoms with Crippen LogP contribution in [-0.2, 0) is 70.4 Å². The quantitative estimate of drug-likeness (QED) is 0.0244. The number of likely N-dealkylation sites (N-methyl/N-ethyl adjacent to an activating group) is 2. The number of thioether (sulfide) groups is 1. The predicted molar refractivity (Wildman–Crippen MR) is 340 cm³/mol. The number of ketones is 4. The van der Waals surface area contributed by atoms with Gasteiger partial charge in [0.2, 0.25) is 29.4 Å². The molecule has 0 aromatic heterocycles. The van der Waals surface area contributed by atoms with Crippen LogP contribution in [0.4, 0.5) is 10.5 Å². The third kappa shape index (κ3) is 21.0. The first-order chi connectivity index (χ1) is 41.7. The van der Waals surface area contributed by atoms with Gasteiger partial charge < -0.3 is 39.3 Å². The number of anilines is 1. The molecule has 0 saturated carbocycles. The van der Waals surface area contributed by atoms with Gasteiger partial charge in [-0.25, -0.2) is 4.79 Å². The molecule has 0 spiro atoms. The molecule has 2 aliphatic rings. The second kappa shape index (κ2) is 36.6. The number of amides is 5. The normalized spacial score (nSPS) is 18.3. The molecule has 2 aliphatic heterocycles. The van der Waals surface area contributed by atoms with E-state index in [1.807, 2.05) is 92.0 Å². The number of carbonyl (C=O) groups is 10. The Balaban J connectivity index is 1.32. The van der Waals surface area contributed by atoms with Crippen LogP contribution in [0, 0.1) is 47.3 Å². The van der Waals surface area contributed by atoms with Crippen molar-refractivity contribution in [1.29, 1.82) is 0 Å². The van der Waals surface area contributed by atoms with Crippen LogP contribution in [0.25, 0.3) is 0 Å². The maximum Gasteiger partial charge on any atom is 0.410 e. The molecule has 0 radical (unpaired) electrons. The van der Waals surface area contributed by atoms with Gasteiger partial charge in [-0.2, -0.15) is 11.8 Å². The van der Waals surface area contributed by atoms with Gasteiger partial charge in [-0.15, -0.1) is 0 Å². The molecule has 1 unspecified atom stereocenters. The highest BCUT2D eigenvalue weighted by Crippen LogP contribution is 2.33. The van der Waals surface area contributed by atoms with E-state index in [9.17, 15) is 53.1 Å². The van der Waals surface area contributed by atoms with E-state index in [2.05, 4.69) is 10.6 Å². The highest BCUT2D eigenvalue weighted by atomic mass is 32.2. The number of carbonyl (C=O) groups excluding carboxylic acids is 9. The fraction of sp³-hybridized carbons (Fsp3) is 0.672. The lowest BCUT2D eigenvalue weighted by Crippen LogP contribution is -2.54. The Morgan fingerprint density at radius 2 is 1.45 bits per heavy atom. The zero-order valence-corrected chi connectivity index (χ0v) is 55.6. The number of hydrogen-bond donors (Lipinski definition) is 3. The van der Waals surface area contributed by atoms with Gasteiger partial charge in [0.05, 0.1) is 61.3 Å². The van der Waals surface area contributed by atoms with Crippen LogP contribution in [0.1, 0.15) is 144 Å². The second-order valence-corrected chi connectivity index (χ2v) is 26.1. The number of methoxy groups -OCH3 is 2. The number of ether oxygens (including phenoxy) is 3. The first-order valence-electron chi connectivity index (χ1n) is 31.5. The maximum atomic E-state index is 14.8. The Hall–Kier alpha value is -6.03. The van der Waals surface area contributed by atoms with Crippen LogP contribution < -0.4 is 10.6 Å². The molecule has 0 bridgehead atoms. The van der Waals surface area contributed by atoms with E-state index < -0.39 is 77.8 Å². The number of nitrogens with one attached hydrogen (secondary N) is 2. The zero-order valence-electron chi connectivity index (χ0n) is 54.8. The van der Waals surface area contributed by atoms with Gasteiger partial charge in [0, 0.05) is 90.4 Å². The molecule has 21 heteroatoms. The van der Waals surface area contributed by atoms with Crippen molar-refractivity contribution in [2.45, 2.75) is 182 Å². The molecular formula is C67H102N6O14S. The lowest BCUT2D eigenvalue weighted by Gasteiger charge is -2.41. The van der Waals surface area contributed by atoms with Gasteiger partial charge in [0.15, 0.2) is 11.6 Å². The Morgan fingerprint density at radius 3 is 2.03 bits per heavy atom. The van der Waals surface area contributed by atoms with Gasteiger partial charge in [-0.3, -0.25) is 53.4 Å². The number of imide groups is 1. The average Bonchev–Trinajstić information content (AvgIpc) is 4.27. The number of Topliss-reactive ketones (excluding diaryl/α,β-unsaturated/α-hetero) is 4. The summed E-state index contributed by atoms with van der Waals surface area (Å²) < 4.78 is 17.8. The van der Waals surface area contributed by atoms with Crippen molar-refractivity contribution in [1.82, 2.24) is 24.9 Å². The number of benzene rings is 2. The van der Waals surface area contributed by atoms with Crippen LogP contribution in [-0.4, -0.2) is 180 Å². The molecule has 0 aliphatic carbocycles. The molecule has 5 amide bonds. The molecule has 4 rings (SSSR count). The van der Waals surface area contributed by atoms with Crippen molar-refractivity contribution in [2.24, 2.45) is 47.3 Å². The van der Waals surface area contributed by atoms with Crippen LogP contribution >= 0.6 is 11.8 Å². The number of likely N-dealkylation sites (tertiary alicyclic amines) is 2. The van der Waals surface area contributed by atoms with E-state index in [0.29, 0.717) is 68.6 Å². The van der Waals surface area contributed by atoms with Crippen molar-refractivity contribution in [3.05, 3.63) is 65.7 Å². The fourth-order valence-electron chi connectivity index (χ4n) is 12.5. The second-order valence-electron chi connectivity index (χ2n) is 25.2. The van der Waals surface area contributed by atoms with E-state index in [1.54, 1.807) is 59.8 Å². The Bertz CT molecular complexity index is 2640. The third-order valence-electron chi connectivity index (χ3n) is 17.8. The van der Waals surface area contributed by atoms with Crippen LogP contribution in [0.15, 0.2) is 54.6 Å². The molecular weight excluding hydrogens is 1140 g/mol. The molecule has 11 atom stereocenters. The van der Waals surface area contributed by atoms with E-state index >= 15 is 0 Å². The SMILES string of the molecule is CC[C@H](C)[C@@H]([C@@H](CC(=O)N1CCC[C@H]1[C@H](OC)[C@@H](C)C(=O)C[C@@H](Cc1ccccc1)C(=O)O)OC)N(C)C(=O)[C@@H](CC(=O)[C@H](C(C)C)N(C)C(=O)OCc1ccc(NCN[C@H](C(=O)C(=O)CCCCCN2C(=O)CC(CSC)C2=O)C(C)C)cc1)C(C)C. The number of hydrogen-bond acceptors (Lipinski definition) is 16. The van der Waals surface area contributed by atoms with Crippen molar-refractivity contribution in [2.75, 3.05) is 65.4 Å². The van der Waals surface area contributed by atoms with Crippen molar-refractivity contribution < 1.29 is 67.3 Å². The number of carboxylic acid groups (broad SMARTS) is 1. The van der Waals surface area contributed by atoms with Crippen LogP contribution in [0.3, 0.4) is 0 Å². The summed E-state index contributed by atoms with van der Waals surface area (Å²) in [5.74, 6) is -6.38. The molecule has 3 N–H and O–H groups in total. The lowest BCUT2D eigenvalue weighted by atomic mass is 9.83. The molecule has 2 saturated heterocycles. The summed E-state index contributed by atoms with van der Waals surface area (Å²) in [5.41, 5.74) is 2.20. The number of aliphatic carboxylic acids is 1. The van der Waals surface area contributed by atoms with Gasteiger partial charge in [-0.1, -0.05) is 118 Å². The molecule has 2 heterocycles. The van der Waals surface area contributed by atoms with Gasteiger partial charge in [0.1, 0.15) is 12.4 Å². The first-order valence-corrected chi connectivity index (χ1v) is 32.9. The Morgan fingerprint density at radius 1 is 0.784 bits per heavy atom. The first kappa shape index (κ1) is 74.4. The standard InChI is InChI=1S/C67H102N6O14S/c1-15-44(8)61(56(85-12)37-58(78)72-32-22-25-52(72)63(86-13)45(9)54(75)34-48(66(82)83)33-46-23-18-16-19-24-46)70(10)65(81)51(41(2)3)36-55(76)60(43(6)7)71(11)67(84)87-38-47-27-29-50(30-28-47)68-40-69-59(42(4)5)62(79)53(74)26-20-17-21-31-73-57(77)35-49(39-88-14)64(73)80/h16,18-19,23-24,27-30,41-45,48-49,51-52,56,59-61,63,68-69H,15,17,20-22,25-26,31-40H2,1-14H3,(H,82,83)/t44-,45-,48+,49?,51-,52-,56+,59-,60-,61-,63+/m0/s1. The molecule has 2 aromatic rings. The third-order valence-corrected chi connectivity index (χ3v) is 18.6. The minimum Gasteiger partial charge on any atom is -0.481 e. The minimum absolute atomic E-state index is 0.0738. The summed E-state index contributed by atoms with van der Waals surface area (Å²) in [6.07, 6.45) is 3.42. The summed E-state index contributed by atoms with van der Waals surface area (Å²) in [5, 5.41) is 16.4. The maximum absolute atomic E-state index is 14.8. The smallest absolute Gasteiger partial charge is 0.410 e. The molecule has 490 valence electrons. The van der Waals surface area contributed by atoms with Gasteiger partial charge in [0.25, 0.3) is 0 Å². The minimum atomic E-state index is -1.06. The van der Waals surface area contributed by atoms with Crippen molar-refractivity contribution in [3.8, 4) is 0 Å². The molecule has 2 fully saturated rings. The fourth-order valence-corrected chi connectivity index (χ4v) is 13.1. The predicted octanol–water partition coefficient (Wildman–Crippen LogP) is 8.75. The number of unbranched alkanes of at least 4 members (excludes halogenated alkanes) is 2. The van der Waals surface area contributed by atoms with Crippen molar-refractivity contribution >= 4 is 76.3 Å². The Labute approximate surface area is 527 Å². The average molecular weight is 1250 g/mol. The number of rotatable bonds is 40. The highest BCUT2D eigenvalue weighted by Gasteiger charge is 2.44. The number of nitrogens with zero attached hydrogens (tertiary/aromatic N) is 4. The zero-order chi connectivity index (χ0) is 65.5. The van der Waals surface area contributed by atoms with Gasteiger partial charge in [-0.05, 0) is 85.3 Å². The Kier molecular flexibility index (Phi) is 30.9.